The highest BCUT2D eigenvalue weighted by atomic mass is 19.4. The van der Waals surface area contributed by atoms with Crippen molar-refractivity contribution in [1.82, 2.24) is 25.3 Å². The van der Waals surface area contributed by atoms with Crippen molar-refractivity contribution in [3.63, 3.8) is 0 Å². The number of rotatable bonds is 5. The van der Waals surface area contributed by atoms with Crippen LogP contribution in [0.1, 0.15) is 64.5 Å². The SMILES string of the molecule is Cc1cnn(C2CC(OC(=O)NCc3ccc4c(c3F)C(=O)N([C@@H]3CCC(=O)NC3=O)C4)C2)c1C(F)(F)F. The normalized spacial score (nSPS) is 23.1. The fourth-order valence-electron chi connectivity index (χ4n) is 5.06. The van der Waals surface area contributed by atoms with Gasteiger partial charge in [0, 0.05) is 37.9 Å². The minimum absolute atomic E-state index is 0.00898. The van der Waals surface area contributed by atoms with Gasteiger partial charge in [0.05, 0.1) is 17.8 Å². The second-order valence-corrected chi connectivity index (χ2v) is 9.60. The van der Waals surface area contributed by atoms with E-state index in [9.17, 15) is 32.3 Å². The van der Waals surface area contributed by atoms with Crippen LogP contribution in [0.2, 0.25) is 0 Å². The van der Waals surface area contributed by atoms with Crippen LogP contribution in [0.15, 0.2) is 18.3 Å². The largest absolute Gasteiger partial charge is 0.446 e. The Kier molecular flexibility index (Phi) is 6.35. The van der Waals surface area contributed by atoms with Crippen molar-refractivity contribution in [2.45, 2.75) is 70.1 Å². The molecule has 1 saturated carbocycles. The van der Waals surface area contributed by atoms with E-state index >= 15 is 4.39 Å². The van der Waals surface area contributed by atoms with E-state index in [0.717, 1.165) is 10.9 Å². The smallest absolute Gasteiger partial charge is 0.433 e. The molecule has 14 heteroatoms. The second-order valence-electron chi connectivity index (χ2n) is 9.60. The molecule has 2 fully saturated rings. The Hall–Kier alpha value is -3.97. The molecule has 4 amide bonds. The van der Waals surface area contributed by atoms with Crippen LogP contribution < -0.4 is 10.6 Å². The van der Waals surface area contributed by atoms with Gasteiger partial charge < -0.3 is 15.0 Å². The number of nitrogens with one attached hydrogen (secondary N) is 2. The number of imide groups is 1. The number of hydrogen-bond acceptors (Lipinski definition) is 6. The van der Waals surface area contributed by atoms with E-state index in [1.807, 2.05) is 0 Å². The van der Waals surface area contributed by atoms with Gasteiger partial charge in [-0.05, 0) is 24.5 Å². The van der Waals surface area contributed by atoms with E-state index in [0.29, 0.717) is 5.56 Å². The third-order valence-corrected chi connectivity index (χ3v) is 7.07. The zero-order valence-electron chi connectivity index (χ0n) is 20.1. The molecule has 0 unspecified atom stereocenters. The maximum Gasteiger partial charge on any atom is 0.433 e. The summed E-state index contributed by atoms with van der Waals surface area (Å²) in [4.78, 5) is 49.9. The van der Waals surface area contributed by atoms with Crippen LogP contribution in [0.25, 0.3) is 0 Å². The lowest BCUT2D eigenvalue weighted by molar-refractivity contribution is -0.147. The lowest BCUT2D eigenvalue weighted by Crippen LogP contribution is -2.52. The summed E-state index contributed by atoms with van der Waals surface area (Å²) in [6.45, 7) is 1.04. The predicted molar refractivity (Wildman–Crippen MR) is 120 cm³/mol. The lowest BCUT2D eigenvalue weighted by atomic mass is 9.89. The van der Waals surface area contributed by atoms with Crippen LogP contribution in [0.3, 0.4) is 0 Å². The number of carbonyl (C=O) groups is 4. The maximum atomic E-state index is 15.2. The molecule has 5 rings (SSSR count). The molecular formula is C24H23F4N5O5. The summed E-state index contributed by atoms with van der Waals surface area (Å²) in [5.41, 5.74) is -0.610. The Morgan fingerprint density at radius 1 is 1.24 bits per heavy atom. The van der Waals surface area contributed by atoms with Gasteiger partial charge in [0.25, 0.3) is 5.91 Å². The first-order valence-electron chi connectivity index (χ1n) is 11.9. The molecule has 202 valence electrons. The summed E-state index contributed by atoms with van der Waals surface area (Å²) in [6.07, 6.45) is -4.40. The molecule has 38 heavy (non-hydrogen) atoms. The molecule has 3 aliphatic rings. The lowest BCUT2D eigenvalue weighted by Gasteiger charge is -2.35. The van der Waals surface area contributed by atoms with Gasteiger partial charge in [-0.25, -0.2) is 9.18 Å². The Bertz CT molecular complexity index is 1330. The van der Waals surface area contributed by atoms with Crippen molar-refractivity contribution in [2.75, 3.05) is 0 Å². The van der Waals surface area contributed by atoms with Crippen LogP contribution in [0.4, 0.5) is 22.4 Å². The van der Waals surface area contributed by atoms with Gasteiger partial charge in [-0.2, -0.15) is 18.3 Å². The molecule has 10 nitrogen and oxygen atoms in total. The standard InChI is InChI=1S/C24H23F4N5O5/c1-11-8-30-33(20(11)24(26,27)28)14-6-15(7-14)38-23(37)29-9-12-2-3-13-10-32(22(36)18(13)19(12)25)16-4-5-17(34)31-21(16)35/h2-3,8,14-16H,4-7,9-10H2,1H3,(H,29,37)(H,31,34,35)/t14?,15?,16-/m1/s1. The summed E-state index contributed by atoms with van der Waals surface area (Å²) >= 11 is 0. The molecule has 1 saturated heterocycles. The van der Waals surface area contributed by atoms with Gasteiger partial charge in [-0.1, -0.05) is 12.1 Å². The number of carbonyl (C=O) groups excluding carboxylic acids is 4. The summed E-state index contributed by atoms with van der Waals surface area (Å²) in [5.74, 6) is -2.55. The highest BCUT2D eigenvalue weighted by molar-refractivity contribution is 6.05. The van der Waals surface area contributed by atoms with Crippen molar-refractivity contribution in [3.8, 4) is 0 Å². The van der Waals surface area contributed by atoms with Crippen LogP contribution in [-0.4, -0.2) is 50.6 Å². The minimum atomic E-state index is -4.55. The molecule has 0 radical (unpaired) electrons. The third kappa shape index (κ3) is 4.58. The molecule has 1 aromatic carbocycles. The molecule has 1 aliphatic carbocycles. The number of hydrogen-bond donors (Lipinski definition) is 2. The first-order chi connectivity index (χ1) is 17.9. The summed E-state index contributed by atoms with van der Waals surface area (Å²) in [7, 11) is 0. The Balaban J connectivity index is 1.16. The quantitative estimate of drug-likeness (QED) is 0.447. The average Bonchev–Trinajstić information content (AvgIpc) is 3.35. The van der Waals surface area contributed by atoms with Crippen molar-refractivity contribution in [1.29, 1.82) is 0 Å². The highest BCUT2D eigenvalue weighted by Gasteiger charge is 2.43. The first-order valence-corrected chi connectivity index (χ1v) is 11.9. The molecule has 0 bridgehead atoms. The van der Waals surface area contributed by atoms with Crippen LogP contribution in [0, 0.1) is 12.7 Å². The number of piperidine rings is 1. The number of alkyl carbamates (subject to hydrolysis) is 1. The molecule has 0 spiro atoms. The molecular weight excluding hydrogens is 514 g/mol. The van der Waals surface area contributed by atoms with Crippen molar-refractivity contribution < 1.29 is 41.5 Å². The van der Waals surface area contributed by atoms with Gasteiger partial charge in [0.15, 0.2) is 0 Å². The van der Waals surface area contributed by atoms with Gasteiger partial charge >= 0.3 is 12.3 Å². The fourth-order valence-corrected chi connectivity index (χ4v) is 5.06. The third-order valence-electron chi connectivity index (χ3n) is 7.07. The number of halogens is 4. The Morgan fingerprint density at radius 3 is 2.66 bits per heavy atom. The van der Waals surface area contributed by atoms with Gasteiger partial charge in [-0.15, -0.1) is 0 Å². The highest BCUT2D eigenvalue weighted by Crippen LogP contribution is 2.40. The van der Waals surface area contributed by atoms with E-state index < -0.39 is 59.7 Å². The van der Waals surface area contributed by atoms with Crippen LogP contribution in [-0.2, 0) is 33.6 Å². The van der Waals surface area contributed by atoms with Gasteiger partial charge in [0.1, 0.15) is 23.7 Å². The predicted octanol–water partition coefficient (Wildman–Crippen LogP) is 2.74. The number of ether oxygens (including phenoxy) is 1. The number of benzene rings is 1. The molecule has 2 N–H and O–H groups in total. The summed E-state index contributed by atoms with van der Waals surface area (Å²) in [6, 6.07) is 1.50. The number of aryl methyl sites for hydroxylation is 1. The van der Waals surface area contributed by atoms with Crippen LogP contribution >= 0.6 is 0 Å². The molecule has 2 aliphatic heterocycles. The zero-order chi connectivity index (χ0) is 27.4. The minimum Gasteiger partial charge on any atom is -0.446 e. The Labute approximate surface area is 213 Å². The van der Waals surface area contributed by atoms with Gasteiger partial charge in [-0.3, -0.25) is 24.4 Å². The Morgan fingerprint density at radius 2 is 1.97 bits per heavy atom. The molecule has 2 aromatic rings. The molecule has 3 heterocycles. The topological polar surface area (TPSA) is 123 Å². The van der Waals surface area contributed by atoms with Gasteiger partial charge in [0.2, 0.25) is 11.8 Å². The second kappa shape index (κ2) is 9.40. The number of fused-ring (bicyclic) bond motifs is 1. The van der Waals surface area contributed by atoms with E-state index in [4.69, 9.17) is 4.74 Å². The van der Waals surface area contributed by atoms with E-state index in [-0.39, 0.29) is 55.5 Å². The van der Waals surface area contributed by atoms with E-state index in [2.05, 4.69) is 15.7 Å². The number of amides is 4. The molecule has 1 atom stereocenters. The first kappa shape index (κ1) is 25.7. The number of nitrogens with zero attached hydrogens (tertiary/aromatic N) is 3. The maximum absolute atomic E-state index is 15.2. The van der Waals surface area contributed by atoms with Crippen LogP contribution in [0.5, 0.6) is 0 Å². The van der Waals surface area contributed by atoms with Crippen molar-refractivity contribution in [2.24, 2.45) is 0 Å². The molecule has 1 aromatic heterocycles. The zero-order valence-corrected chi connectivity index (χ0v) is 20.1. The fraction of sp³-hybridized carbons (Fsp3) is 0.458. The van der Waals surface area contributed by atoms with E-state index in [1.165, 1.54) is 24.0 Å². The van der Waals surface area contributed by atoms with Crippen molar-refractivity contribution >= 4 is 23.8 Å². The summed E-state index contributed by atoms with van der Waals surface area (Å²) < 4.78 is 61.2. The van der Waals surface area contributed by atoms with Crippen molar-refractivity contribution in [3.05, 3.63) is 52.1 Å². The summed E-state index contributed by atoms with van der Waals surface area (Å²) in [5, 5.41) is 8.39. The number of alkyl halides is 3. The number of aromatic nitrogens is 2. The average molecular weight is 537 g/mol. The van der Waals surface area contributed by atoms with E-state index in [1.54, 1.807) is 0 Å². The monoisotopic (exact) mass is 537 g/mol.